The minimum atomic E-state index is 0.516. The van der Waals surface area contributed by atoms with Gasteiger partial charge in [-0.2, -0.15) is 0 Å². The Hall–Kier alpha value is -3.32. The Morgan fingerprint density at radius 3 is 2.66 bits per heavy atom. The van der Waals surface area contributed by atoms with Gasteiger partial charge in [0.05, 0.1) is 32.6 Å². The number of fused-ring (bicyclic) bond motifs is 1. The first-order valence-electron chi connectivity index (χ1n) is 9.66. The molecule has 2 aliphatic rings. The molecule has 5 rings (SSSR count). The third-order valence-electron chi connectivity index (χ3n) is 5.26. The Morgan fingerprint density at radius 1 is 0.931 bits per heavy atom. The number of rotatable bonds is 4. The van der Waals surface area contributed by atoms with Crippen LogP contribution in [0.15, 0.2) is 53.9 Å². The van der Waals surface area contributed by atoms with E-state index in [9.17, 15) is 0 Å². The van der Waals surface area contributed by atoms with Crippen LogP contribution in [0.2, 0.25) is 0 Å². The zero-order valence-corrected chi connectivity index (χ0v) is 16.2. The van der Waals surface area contributed by atoms with Crippen LogP contribution >= 0.6 is 0 Å². The molecule has 7 nitrogen and oxygen atoms in total. The lowest BCUT2D eigenvalue weighted by Gasteiger charge is -2.28. The molecule has 0 saturated carbocycles. The van der Waals surface area contributed by atoms with Gasteiger partial charge in [-0.05, 0) is 23.8 Å². The van der Waals surface area contributed by atoms with Crippen molar-refractivity contribution in [1.29, 1.82) is 0 Å². The molecular weight excluding hydrogens is 366 g/mol. The smallest absolute Gasteiger partial charge is 0.240 e. The molecule has 0 N–H and O–H groups in total. The summed E-state index contributed by atoms with van der Waals surface area (Å²) in [6, 6.07) is 10.4. The molecule has 0 atom stereocenters. The van der Waals surface area contributed by atoms with E-state index in [2.05, 4.69) is 44.1 Å². The summed E-state index contributed by atoms with van der Waals surface area (Å²) in [6.45, 7) is 3.86. The number of hydrogen-bond donors (Lipinski definition) is 0. The highest BCUT2D eigenvalue weighted by atomic mass is 16.5. The van der Waals surface area contributed by atoms with E-state index in [0.717, 1.165) is 60.2 Å². The molecular formula is C22H21N5O2. The van der Waals surface area contributed by atoms with Gasteiger partial charge in [0, 0.05) is 48.4 Å². The molecule has 4 heterocycles. The van der Waals surface area contributed by atoms with Crippen LogP contribution in [0.1, 0.15) is 16.7 Å². The van der Waals surface area contributed by atoms with Gasteiger partial charge in [-0.3, -0.25) is 4.99 Å². The van der Waals surface area contributed by atoms with Crippen molar-refractivity contribution in [3.63, 3.8) is 0 Å². The largest absolute Gasteiger partial charge is 0.479 e. The molecule has 2 aliphatic heterocycles. The summed E-state index contributed by atoms with van der Waals surface area (Å²) in [5.41, 5.74) is 6.08. The first kappa shape index (κ1) is 17.8. The molecule has 0 spiro atoms. The molecule has 0 unspecified atom stereocenters. The van der Waals surface area contributed by atoms with Crippen molar-refractivity contribution >= 4 is 11.5 Å². The molecule has 2 aromatic heterocycles. The van der Waals surface area contributed by atoms with Gasteiger partial charge in [-0.25, -0.2) is 15.0 Å². The van der Waals surface area contributed by atoms with Gasteiger partial charge in [0.15, 0.2) is 0 Å². The van der Waals surface area contributed by atoms with Gasteiger partial charge in [0.2, 0.25) is 5.88 Å². The quantitative estimate of drug-likeness (QED) is 0.685. The van der Waals surface area contributed by atoms with E-state index >= 15 is 0 Å². The molecule has 3 aromatic rings. The Morgan fingerprint density at radius 2 is 1.79 bits per heavy atom. The van der Waals surface area contributed by atoms with E-state index in [1.54, 1.807) is 19.5 Å². The predicted molar refractivity (Wildman–Crippen MR) is 111 cm³/mol. The van der Waals surface area contributed by atoms with Gasteiger partial charge < -0.3 is 14.4 Å². The molecule has 0 radical (unpaired) electrons. The van der Waals surface area contributed by atoms with Crippen molar-refractivity contribution < 1.29 is 9.47 Å². The van der Waals surface area contributed by atoms with E-state index < -0.39 is 0 Å². The second-order valence-corrected chi connectivity index (χ2v) is 6.95. The van der Waals surface area contributed by atoms with Crippen molar-refractivity contribution in [3.8, 4) is 17.1 Å². The molecule has 146 valence electrons. The summed E-state index contributed by atoms with van der Waals surface area (Å²) in [6.07, 6.45) is 5.17. The standard InChI is InChI=1S/C22H21N5O2/c1-28-22-21(24-6-7-25-22)15-2-3-17-14-26-20(18(17)12-15)16-4-5-23-19(13-16)27-8-10-29-11-9-27/h2-7,12-13H,8-11,14H2,1H3. The number of hydrogen-bond acceptors (Lipinski definition) is 7. The summed E-state index contributed by atoms with van der Waals surface area (Å²) < 4.78 is 10.8. The average Bonchev–Trinajstić information content (AvgIpc) is 3.23. The molecule has 7 heteroatoms. The third-order valence-corrected chi connectivity index (χ3v) is 5.26. The van der Waals surface area contributed by atoms with E-state index in [1.807, 2.05) is 12.3 Å². The Bertz CT molecular complexity index is 1080. The number of nitrogens with zero attached hydrogens (tertiary/aromatic N) is 5. The second-order valence-electron chi connectivity index (χ2n) is 6.95. The first-order chi connectivity index (χ1) is 14.3. The average molecular weight is 387 g/mol. The van der Waals surface area contributed by atoms with Gasteiger partial charge >= 0.3 is 0 Å². The van der Waals surface area contributed by atoms with E-state index in [1.165, 1.54) is 5.56 Å². The van der Waals surface area contributed by atoms with Crippen LogP contribution in [0.25, 0.3) is 11.3 Å². The molecule has 1 aromatic carbocycles. The van der Waals surface area contributed by atoms with Gasteiger partial charge in [0.25, 0.3) is 0 Å². The van der Waals surface area contributed by atoms with E-state index in [-0.39, 0.29) is 0 Å². The van der Waals surface area contributed by atoms with Crippen LogP contribution in [0.4, 0.5) is 5.82 Å². The summed E-state index contributed by atoms with van der Waals surface area (Å²) in [5, 5.41) is 0. The maximum absolute atomic E-state index is 5.46. The lowest BCUT2D eigenvalue weighted by molar-refractivity contribution is 0.122. The van der Waals surface area contributed by atoms with Crippen molar-refractivity contribution in [2.75, 3.05) is 38.3 Å². The van der Waals surface area contributed by atoms with E-state index in [4.69, 9.17) is 14.5 Å². The highest BCUT2D eigenvalue weighted by Crippen LogP contribution is 2.31. The maximum atomic E-state index is 5.46. The maximum Gasteiger partial charge on any atom is 0.240 e. The van der Waals surface area contributed by atoms with Crippen LogP contribution in [-0.2, 0) is 11.3 Å². The van der Waals surface area contributed by atoms with Crippen LogP contribution in [0.5, 0.6) is 5.88 Å². The SMILES string of the molecule is COc1nccnc1-c1ccc2c(c1)C(c1ccnc(N3CCOCC3)c1)=NC2. The van der Waals surface area contributed by atoms with Crippen LogP contribution in [0.3, 0.4) is 0 Å². The molecule has 1 saturated heterocycles. The summed E-state index contributed by atoms with van der Waals surface area (Å²) in [4.78, 5) is 20.4. The van der Waals surface area contributed by atoms with Gasteiger partial charge in [0.1, 0.15) is 11.5 Å². The lowest BCUT2D eigenvalue weighted by atomic mass is 9.97. The topological polar surface area (TPSA) is 72.7 Å². The highest BCUT2D eigenvalue weighted by molar-refractivity contribution is 6.15. The summed E-state index contributed by atoms with van der Waals surface area (Å²) in [7, 11) is 1.61. The zero-order valence-electron chi connectivity index (χ0n) is 16.2. The molecule has 1 fully saturated rings. The number of methoxy groups -OCH3 is 1. The van der Waals surface area contributed by atoms with Crippen LogP contribution < -0.4 is 9.64 Å². The minimum Gasteiger partial charge on any atom is -0.479 e. The minimum absolute atomic E-state index is 0.516. The van der Waals surface area contributed by atoms with Crippen LogP contribution in [0, 0.1) is 0 Å². The number of aromatic nitrogens is 3. The summed E-state index contributed by atoms with van der Waals surface area (Å²) >= 11 is 0. The first-order valence-corrected chi connectivity index (χ1v) is 9.66. The van der Waals surface area contributed by atoms with Crippen molar-refractivity contribution in [3.05, 3.63) is 65.6 Å². The monoisotopic (exact) mass is 387 g/mol. The third kappa shape index (κ3) is 3.34. The Balaban J connectivity index is 1.51. The Kier molecular flexibility index (Phi) is 4.65. The zero-order chi connectivity index (χ0) is 19.6. The van der Waals surface area contributed by atoms with Crippen molar-refractivity contribution in [2.45, 2.75) is 6.54 Å². The number of benzene rings is 1. The fourth-order valence-electron chi connectivity index (χ4n) is 3.78. The number of aliphatic imine (C=N–C) groups is 1. The molecule has 29 heavy (non-hydrogen) atoms. The molecule has 0 amide bonds. The molecule has 0 aliphatic carbocycles. The molecule has 0 bridgehead atoms. The highest BCUT2D eigenvalue weighted by Gasteiger charge is 2.21. The normalized spacial score (nSPS) is 15.8. The van der Waals surface area contributed by atoms with E-state index in [0.29, 0.717) is 12.4 Å². The number of pyridine rings is 1. The number of morpholine rings is 1. The van der Waals surface area contributed by atoms with Gasteiger partial charge in [-0.15, -0.1) is 0 Å². The predicted octanol–water partition coefficient (Wildman–Crippen LogP) is 2.73. The fourth-order valence-corrected chi connectivity index (χ4v) is 3.78. The van der Waals surface area contributed by atoms with Crippen LogP contribution in [-0.4, -0.2) is 54.1 Å². The fraction of sp³-hybridized carbons (Fsp3) is 0.273. The van der Waals surface area contributed by atoms with Crippen molar-refractivity contribution in [2.24, 2.45) is 4.99 Å². The van der Waals surface area contributed by atoms with Crippen molar-refractivity contribution in [1.82, 2.24) is 15.0 Å². The number of ether oxygens (including phenoxy) is 2. The summed E-state index contributed by atoms with van der Waals surface area (Å²) in [5.74, 6) is 1.48. The Labute approximate surface area is 169 Å². The lowest BCUT2D eigenvalue weighted by Crippen LogP contribution is -2.36. The number of anilines is 1. The second kappa shape index (κ2) is 7.60. The van der Waals surface area contributed by atoms with Gasteiger partial charge in [-0.1, -0.05) is 12.1 Å².